The van der Waals surface area contributed by atoms with Crippen LogP contribution in [0.15, 0.2) is 56.7 Å². The molecule has 1 unspecified atom stereocenters. The summed E-state index contributed by atoms with van der Waals surface area (Å²) in [5.41, 5.74) is 0.645. The van der Waals surface area contributed by atoms with Gasteiger partial charge in [-0.1, -0.05) is 12.1 Å². The lowest BCUT2D eigenvalue weighted by Crippen LogP contribution is -2.52. The van der Waals surface area contributed by atoms with Crippen LogP contribution >= 0.6 is 0 Å². The minimum Gasteiger partial charge on any atom is -0.469 e. The van der Waals surface area contributed by atoms with Gasteiger partial charge < -0.3 is 14.4 Å². The minimum atomic E-state index is -3.11. The second-order valence-electron chi connectivity index (χ2n) is 9.49. The zero-order valence-corrected chi connectivity index (χ0v) is 21.4. The number of esters is 1. The molecule has 0 aliphatic carbocycles. The summed E-state index contributed by atoms with van der Waals surface area (Å²) in [7, 11) is -1.82. The molecule has 3 aliphatic heterocycles. The number of ether oxygens (including phenoxy) is 2. The van der Waals surface area contributed by atoms with Gasteiger partial charge in [0.15, 0.2) is 0 Å². The number of aliphatic imine (C=N–C) groups is 1. The quantitative estimate of drug-likeness (QED) is 0.296. The molecule has 200 valence electrons. The lowest BCUT2D eigenvalue weighted by atomic mass is 9.83. The Labute approximate surface area is 218 Å². The zero-order chi connectivity index (χ0) is 27.2. The van der Waals surface area contributed by atoms with Crippen LogP contribution in [0.5, 0.6) is 0 Å². The molecular weight excluding hydrogens is 519 g/mol. The van der Waals surface area contributed by atoms with Crippen LogP contribution in [0.25, 0.3) is 0 Å². The second-order valence-corrected chi connectivity index (χ2v) is 11.7. The summed E-state index contributed by atoms with van der Waals surface area (Å²) in [5.74, 6) is -2.02. The first-order chi connectivity index (χ1) is 18.1. The summed E-state index contributed by atoms with van der Waals surface area (Å²) in [6, 6.07) is 8.87. The van der Waals surface area contributed by atoms with Gasteiger partial charge >= 0.3 is 5.97 Å². The third kappa shape index (κ3) is 4.78. The van der Waals surface area contributed by atoms with Crippen molar-refractivity contribution in [2.24, 2.45) is 15.3 Å². The summed E-state index contributed by atoms with van der Waals surface area (Å²) in [6.45, 7) is 0.0708. The van der Waals surface area contributed by atoms with E-state index < -0.39 is 44.3 Å². The Morgan fingerprint density at radius 3 is 2.61 bits per heavy atom. The van der Waals surface area contributed by atoms with Gasteiger partial charge in [-0.3, -0.25) is 19.7 Å². The predicted molar refractivity (Wildman–Crippen MR) is 134 cm³/mol. The monoisotopic (exact) mass is 544 g/mol. The van der Waals surface area contributed by atoms with Crippen LogP contribution in [0, 0.1) is 21.8 Å². The van der Waals surface area contributed by atoms with Gasteiger partial charge in [-0.25, -0.2) is 13.6 Å². The number of nitrogens with zero attached hydrogens (tertiary/aromatic N) is 4. The highest BCUT2D eigenvalue weighted by molar-refractivity contribution is 7.93. The molecule has 2 aromatic rings. The van der Waals surface area contributed by atoms with Crippen LogP contribution in [-0.4, -0.2) is 63.4 Å². The summed E-state index contributed by atoms with van der Waals surface area (Å²) in [6.07, 6.45) is 1.58. The molecule has 2 aromatic carbocycles. The number of fused-ring (bicyclic) bond motifs is 3. The number of non-ortho nitro benzene ring substituents is 1. The van der Waals surface area contributed by atoms with Gasteiger partial charge in [-0.2, -0.15) is 4.36 Å². The standard InChI is InChI=1S/C25H25FN4O7S/c1-36-25(32)23-18-9-10-19(37-18)24(23)29(13-14-3-5-15(26)6-4-14)22(31)12-21-27-17-8-7-16(30(33)34)11-20(17)38(2,35)28-21/h3-8,11,18-19,23-24H,9-10,12-13H2,1-2H3/t18-,19+,23-,24+,38?/m1/s1. The number of amides is 1. The molecule has 11 nitrogen and oxygen atoms in total. The number of nitro benzene ring substituents is 1. The number of nitro groups is 1. The van der Waals surface area contributed by atoms with Gasteiger partial charge in [0.05, 0.1) is 57.0 Å². The smallest absolute Gasteiger partial charge is 0.313 e. The second kappa shape index (κ2) is 9.87. The maximum atomic E-state index is 13.8. The molecule has 0 radical (unpaired) electrons. The van der Waals surface area contributed by atoms with Gasteiger partial charge in [-0.05, 0) is 36.6 Å². The van der Waals surface area contributed by atoms with Gasteiger partial charge in [0.2, 0.25) is 5.91 Å². The van der Waals surface area contributed by atoms with E-state index >= 15 is 0 Å². The lowest BCUT2D eigenvalue weighted by molar-refractivity contribution is -0.385. The minimum absolute atomic E-state index is 0.00616. The molecule has 13 heteroatoms. The lowest BCUT2D eigenvalue weighted by Gasteiger charge is -2.36. The summed E-state index contributed by atoms with van der Waals surface area (Å²) in [5, 5.41) is 11.2. The molecule has 38 heavy (non-hydrogen) atoms. The van der Waals surface area contributed by atoms with Crippen molar-refractivity contribution in [1.29, 1.82) is 0 Å². The fraction of sp³-hybridized carbons (Fsp3) is 0.400. The number of benzene rings is 2. The Bertz CT molecular complexity index is 1470. The normalized spacial score (nSPS) is 27.2. The largest absolute Gasteiger partial charge is 0.469 e. The maximum Gasteiger partial charge on any atom is 0.313 e. The first kappa shape index (κ1) is 25.9. The average molecular weight is 545 g/mol. The van der Waals surface area contributed by atoms with E-state index in [0.717, 1.165) is 0 Å². The number of carbonyl (C=O) groups is 2. The number of halogens is 1. The Balaban J connectivity index is 1.48. The van der Waals surface area contributed by atoms with Crippen molar-refractivity contribution in [3.63, 3.8) is 0 Å². The van der Waals surface area contributed by atoms with Crippen LogP contribution in [0.1, 0.15) is 24.8 Å². The van der Waals surface area contributed by atoms with Gasteiger partial charge in [-0.15, -0.1) is 0 Å². The van der Waals surface area contributed by atoms with Gasteiger partial charge in [0.25, 0.3) is 5.69 Å². The third-order valence-electron chi connectivity index (χ3n) is 7.06. The van der Waals surface area contributed by atoms with Crippen LogP contribution in [0.4, 0.5) is 15.8 Å². The molecular formula is C25H25FN4O7S. The molecule has 5 atom stereocenters. The molecule has 0 N–H and O–H groups in total. The zero-order valence-electron chi connectivity index (χ0n) is 20.6. The Kier molecular flexibility index (Phi) is 6.73. The third-order valence-corrected chi connectivity index (χ3v) is 8.76. The number of hydrogen-bond donors (Lipinski definition) is 0. The Hall–Kier alpha value is -3.71. The fourth-order valence-electron chi connectivity index (χ4n) is 5.35. The van der Waals surface area contributed by atoms with Crippen LogP contribution in [0.3, 0.4) is 0 Å². The van der Waals surface area contributed by atoms with Crippen LogP contribution < -0.4 is 0 Å². The average Bonchev–Trinajstić information content (AvgIpc) is 3.49. The first-order valence-electron chi connectivity index (χ1n) is 11.9. The van der Waals surface area contributed by atoms with E-state index in [1.54, 1.807) is 12.1 Å². The molecule has 2 fully saturated rings. The summed E-state index contributed by atoms with van der Waals surface area (Å²) in [4.78, 5) is 43.1. The fourth-order valence-corrected chi connectivity index (χ4v) is 6.80. The Morgan fingerprint density at radius 1 is 1.21 bits per heavy atom. The topological polar surface area (TPSA) is 141 Å². The highest BCUT2D eigenvalue weighted by Gasteiger charge is 2.56. The van der Waals surface area contributed by atoms with Crippen molar-refractivity contribution in [2.75, 3.05) is 13.4 Å². The summed E-state index contributed by atoms with van der Waals surface area (Å²) >= 11 is 0. The van der Waals surface area contributed by atoms with Crippen LogP contribution in [-0.2, 0) is 35.3 Å². The van der Waals surface area contributed by atoms with E-state index in [1.807, 2.05) is 0 Å². The highest BCUT2D eigenvalue weighted by Crippen LogP contribution is 2.43. The molecule has 3 aliphatic rings. The van der Waals surface area contributed by atoms with Crippen molar-refractivity contribution in [3.05, 3.63) is 64.0 Å². The van der Waals surface area contributed by atoms with E-state index in [1.165, 1.54) is 48.6 Å². The SMILES string of the molecule is COC(=O)[C@H]1[C@@H](N(Cc2ccc(F)cc2)C(=O)CC2=Nc3ccc([N+](=O)[O-])cc3S(C)(=O)=N2)[C@@H]2CC[C@H]1O2. The van der Waals surface area contributed by atoms with Crippen molar-refractivity contribution < 1.29 is 32.6 Å². The maximum absolute atomic E-state index is 13.8. The van der Waals surface area contributed by atoms with Crippen LogP contribution in [0.2, 0.25) is 0 Å². The first-order valence-corrected chi connectivity index (χ1v) is 13.8. The van der Waals surface area contributed by atoms with E-state index in [0.29, 0.717) is 18.4 Å². The number of carbonyl (C=O) groups excluding carboxylic acids is 2. The van der Waals surface area contributed by atoms with E-state index in [4.69, 9.17) is 9.47 Å². The molecule has 0 saturated carbocycles. The predicted octanol–water partition coefficient (Wildman–Crippen LogP) is 3.37. The van der Waals surface area contributed by atoms with E-state index in [9.17, 15) is 28.3 Å². The number of hydrogen-bond acceptors (Lipinski definition) is 9. The van der Waals surface area contributed by atoms with Crippen molar-refractivity contribution in [3.8, 4) is 0 Å². The number of amidine groups is 1. The molecule has 3 heterocycles. The van der Waals surface area contributed by atoms with E-state index in [-0.39, 0.29) is 47.3 Å². The molecule has 5 rings (SSSR count). The molecule has 0 aromatic heterocycles. The van der Waals surface area contributed by atoms with E-state index in [2.05, 4.69) is 9.36 Å². The molecule has 0 spiro atoms. The highest BCUT2D eigenvalue weighted by atomic mass is 32.2. The summed E-state index contributed by atoms with van der Waals surface area (Å²) < 4.78 is 42.1. The molecule has 2 bridgehead atoms. The number of rotatable bonds is 7. The Morgan fingerprint density at radius 2 is 1.92 bits per heavy atom. The number of methoxy groups -OCH3 is 1. The molecule has 1 amide bonds. The van der Waals surface area contributed by atoms with Crippen molar-refractivity contribution in [2.45, 2.75) is 49.0 Å². The van der Waals surface area contributed by atoms with Crippen molar-refractivity contribution >= 4 is 38.8 Å². The van der Waals surface area contributed by atoms with Gasteiger partial charge in [0, 0.05) is 24.9 Å². The van der Waals surface area contributed by atoms with Crippen molar-refractivity contribution in [1.82, 2.24) is 4.90 Å². The molecule has 2 saturated heterocycles. The van der Waals surface area contributed by atoms with Gasteiger partial charge in [0.1, 0.15) is 17.6 Å².